The van der Waals surface area contributed by atoms with Crippen molar-refractivity contribution in [3.05, 3.63) is 18.3 Å². The summed E-state index contributed by atoms with van der Waals surface area (Å²) in [4.78, 5) is 8.16. The van der Waals surface area contributed by atoms with Gasteiger partial charge in [0, 0.05) is 18.5 Å². The lowest BCUT2D eigenvalue weighted by atomic mass is 10.1. The lowest BCUT2D eigenvalue weighted by molar-refractivity contribution is 0.679. The molecule has 0 aromatic carbocycles. The van der Waals surface area contributed by atoms with Gasteiger partial charge in [-0.3, -0.25) is 4.21 Å². The number of hydrogen-bond donors (Lipinski definition) is 1. The Morgan fingerprint density at radius 1 is 1.71 bits per heavy atom. The van der Waals surface area contributed by atoms with E-state index >= 15 is 0 Å². The van der Waals surface area contributed by atoms with Crippen molar-refractivity contribution in [2.24, 2.45) is 0 Å². The second-order valence-electron chi connectivity index (χ2n) is 3.88. The molecule has 0 amide bonds. The topological polar surface area (TPSA) is 78.7 Å². The molecule has 0 saturated heterocycles. The van der Waals surface area contributed by atoms with Gasteiger partial charge in [0.2, 0.25) is 5.16 Å². The van der Waals surface area contributed by atoms with Gasteiger partial charge in [-0.1, -0.05) is 6.58 Å². The SMILES string of the molecule is C=C(C#N)c1cnc(S(C)=O)nc1NC1CC1. The van der Waals surface area contributed by atoms with Crippen molar-refractivity contribution in [2.45, 2.75) is 24.0 Å². The fraction of sp³-hybridized carbons (Fsp3) is 0.364. The fourth-order valence-electron chi connectivity index (χ4n) is 1.32. The summed E-state index contributed by atoms with van der Waals surface area (Å²) in [6.45, 7) is 3.65. The van der Waals surface area contributed by atoms with E-state index < -0.39 is 10.8 Å². The Hall–Kier alpha value is -1.74. The van der Waals surface area contributed by atoms with Gasteiger partial charge in [-0.05, 0) is 12.8 Å². The van der Waals surface area contributed by atoms with Crippen LogP contribution in [0.25, 0.3) is 5.57 Å². The molecule has 1 aliphatic carbocycles. The van der Waals surface area contributed by atoms with Gasteiger partial charge in [0.1, 0.15) is 5.82 Å². The maximum atomic E-state index is 11.3. The van der Waals surface area contributed by atoms with E-state index in [-0.39, 0.29) is 5.16 Å². The van der Waals surface area contributed by atoms with Crippen LogP contribution in [-0.4, -0.2) is 26.5 Å². The second kappa shape index (κ2) is 4.63. The molecule has 17 heavy (non-hydrogen) atoms. The Balaban J connectivity index is 2.40. The van der Waals surface area contributed by atoms with Crippen LogP contribution in [0.3, 0.4) is 0 Å². The lowest BCUT2D eigenvalue weighted by Crippen LogP contribution is -2.09. The van der Waals surface area contributed by atoms with Gasteiger partial charge in [0.25, 0.3) is 0 Å². The minimum Gasteiger partial charge on any atom is -0.367 e. The van der Waals surface area contributed by atoms with Gasteiger partial charge in [-0.15, -0.1) is 0 Å². The van der Waals surface area contributed by atoms with E-state index in [1.165, 1.54) is 12.5 Å². The zero-order valence-electron chi connectivity index (χ0n) is 9.43. The largest absolute Gasteiger partial charge is 0.367 e. The second-order valence-corrected chi connectivity index (χ2v) is 5.15. The van der Waals surface area contributed by atoms with E-state index in [4.69, 9.17) is 5.26 Å². The minimum absolute atomic E-state index is 0.266. The third-order valence-electron chi connectivity index (χ3n) is 2.40. The highest BCUT2D eigenvalue weighted by Crippen LogP contribution is 2.28. The van der Waals surface area contributed by atoms with Gasteiger partial charge in [-0.25, -0.2) is 9.97 Å². The van der Waals surface area contributed by atoms with Crippen LogP contribution in [0.5, 0.6) is 0 Å². The molecule has 1 aliphatic rings. The normalized spacial score (nSPS) is 16.0. The third kappa shape index (κ3) is 2.68. The Kier molecular flexibility index (Phi) is 3.20. The van der Waals surface area contributed by atoms with E-state index in [1.807, 2.05) is 6.07 Å². The molecule has 1 aromatic rings. The Labute approximate surface area is 102 Å². The van der Waals surface area contributed by atoms with Gasteiger partial charge < -0.3 is 5.32 Å². The highest BCUT2D eigenvalue weighted by atomic mass is 32.2. The number of nitrogens with one attached hydrogen (secondary N) is 1. The minimum atomic E-state index is -1.23. The van der Waals surface area contributed by atoms with Crippen LogP contribution in [0.4, 0.5) is 5.82 Å². The average Bonchev–Trinajstić information content (AvgIpc) is 3.11. The first-order chi connectivity index (χ1) is 8.11. The van der Waals surface area contributed by atoms with Crippen LogP contribution in [0.15, 0.2) is 17.9 Å². The van der Waals surface area contributed by atoms with Crippen LogP contribution in [-0.2, 0) is 10.8 Å². The Bertz CT molecular complexity index is 531. The Morgan fingerprint density at radius 3 is 2.94 bits per heavy atom. The first-order valence-corrected chi connectivity index (χ1v) is 6.74. The maximum Gasteiger partial charge on any atom is 0.220 e. The predicted octanol–water partition coefficient (Wildman–Crippen LogP) is 1.33. The van der Waals surface area contributed by atoms with Crippen molar-refractivity contribution in [1.82, 2.24) is 9.97 Å². The molecule has 1 N–H and O–H groups in total. The van der Waals surface area contributed by atoms with Crippen molar-refractivity contribution < 1.29 is 4.21 Å². The summed E-state index contributed by atoms with van der Waals surface area (Å²) in [6.07, 6.45) is 5.20. The van der Waals surface area contributed by atoms with E-state index in [0.29, 0.717) is 23.0 Å². The number of nitrogens with zero attached hydrogens (tertiary/aromatic N) is 3. The van der Waals surface area contributed by atoms with E-state index in [2.05, 4.69) is 21.9 Å². The molecule has 2 rings (SSSR count). The van der Waals surface area contributed by atoms with Crippen LogP contribution < -0.4 is 5.32 Å². The molecule has 5 nitrogen and oxygen atoms in total. The number of aromatic nitrogens is 2. The molecule has 1 heterocycles. The molecule has 0 radical (unpaired) electrons. The summed E-state index contributed by atoms with van der Waals surface area (Å²) in [7, 11) is -1.23. The number of hydrogen-bond acceptors (Lipinski definition) is 5. The molecule has 1 fully saturated rings. The molecule has 88 valence electrons. The number of nitriles is 1. The standard InChI is InChI=1S/C11H12N4OS/c1-7(5-12)9-6-13-11(17(2)16)15-10(9)14-8-3-4-8/h6,8H,1,3-4H2,2H3,(H,13,14,15). The number of allylic oxidation sites excluding steroid dienone is 1. The summed E-state index contributed by atoms with van der Waals surface area (Å²) < 4.78 is 11.3. The van der Waals surface area contributed by atoms with Gasteiger partial charge in [0.05, 0.1) is 28.0 Å². The summed E-state index contributed by atoms with van der Waals surface area (Å²) in [5, 5.41) is 12.3. The first-order valence-electron chi connectivity index (χ1n) is 5.18. The molecular weight excluding hydrogens is 236 g/mol. The molecule has 1 aromatic heterocycles. The van der Waals surface area contributed by atoms with Crippen LogP contribution in [0.1, 0.15) is 18.4 Å². The highest BCUT2D eigenvalue weighted by Gasteiger charge is 2.23. The zero-order chi connectivity index (χ0) is 12.4. The number of rotatable bonds is 4. The monoisotopic (exact) mass is 248 g/mol. The highest BCUT2D eigenvalue weighted by molar-refractivity contribution is 7.84. The van der Waals surface area contributed by atoms with Crippen molar-refractivity contribution in [3.8, 4) is 6.07 Å². The summed E-state index contributed by atoms with van der Waals surface area (Å²) in [6, 6.07) is 2.37. The average molecular weight is 248 g/mol. The molecule has 1 atom stereocenters. The van der Waals surface area contributed by atoms with Crippen LogP contribution in [0.2, 0.25) is 0 Å². The first kappa shape index (κ1) is 11.7. The smallest absolute Gasteiger partial charge is 0.220 e. The van der Waals surface area contributed by atoms with Crippen molar-refractivity contribution >= 4 is 22.2 Å². The van der Waals surface area contributed by atoms with Crippen molar-refractivity contribution in [1.29, 1.82) is 5.26 Å². The van der Waals surface area contributed by atoms with E-state index in [9.17, 15) is 4.21 Å². The lowest BCUT2D eigenvalue weighted by Gasteiger charge is -2.09. The third-order valence-corrected chi connectivity index (χ3v) is 3.11. The molecular formula is C11H12N4OS. The quantitative estimate of drug-likeness (QED) is 0.642. The zero-order valence-corrected chi connectivity index (χ0v) is 10.3. The molecule has 0 bridgehead atoms. The van der Waals surface area contributed by atoms with Crippen molar-refractivity contribution in [2.75, 3.05) is 11.6 Å². The number of anilines is 1. The van der Waals surface area contributed by atoms with Crippen molar-refractivity contribution in [3.63, 3.8) is 0 Å². The molecule has 1 saturated carbocycles. The van der Waals surface area contributed by atoms with Gasteiger partial charge >= 0.3 is 0 Å². The van der Waals surface area contributed by atoms with Crippen LogP contribution in [0, 0.1) is 11.3 Å². The summed E-state index contributed by atoms with van der Waals surface area (Å²) in [5.41, 5.74) is 0.884. The summed E-state index contributed by atoms with van der Waals surface area (Å²) >= 11 is 0. The maximum absolute atomic E-state index is 11.3. The van der Waals surface area contributed by atoms with E-state index in [1.54, 1.807) is 0 Å². The summed E-state index contributed by atoms with van der Waals surface area (Å²) in [5.74, 6) is 0.555. The van der Waals surface area contributed by atoms with E-state index in [0.717, 1.165) is 12.8 Å². The van der Waals surface area contributed by atoms with Gasteiger partial charge in [0.15, 0.2) is 0 Å². The molecule has 0 aliphatic heterocycles. The van der Waals surface area contributed by atoms with Gasteiger partial charge in [-0.2, -0.15) is 5.26 Å². The Morgan fingerprint density at radius 2 is 2.41 bits per heavy atom. The predicted molar refractivity (Wildman–Crippen MR) is 65.7 cm³/mol. The molecule has 1 unspecified atom stereocenters. The fourth-order valence-corrected chi connectivity index (χ4v) is 1.74. The molecule has 0 spiro atoms. The van der Waals surface area contributed by atoms with Crippen LogP contribution >= 0.6 is 0 Å². The molecule has 6 heteroatoms.